The van der Waals surface area contributed by atoms with Crippen molar-refractivity contribution in [1.82, 2.24) is 20.2 Å². The van der Waals surface area contributed by atoms with Gasteiger partial charge < -0.3 is 19.9 Å². The van der Waals surface area contributed by atoms with Gasteiger partial charge in [-0.2, -0.15) is 0 Å². The van der Waals surface area contributed by atoms with E-state index in [1.165, 1.54) is 7.11 Å². The van der Waals surface area contributed by atoms with Crippen LogP contribution in [0.25, 0.3) is 0 Å². The molecule has 2 N–H and O–H groups in total. The molecular formula is C20H24Cl2N4O3. The number of carbonyl (C=O) groups is 2. The second kappa shape index (κ2) is 9.05. The fraction of sp³-hybridized carbons (Fsp3) is 0.450. The average molecular weight is 439 g/mol. The van der Waals surface area contributed by atoms with Crippen molar-refractivity contribution in [2.45, 2.75) is 38.8 Å². The monoisotopic (exact) mass is 438 g/mol. The van der Waals surface area contributed by atoms with Crippen LogP contribution < -0.4 is 5.32 Å². The summed E-state index contributed by atoms with van der Waals surface area (Å²) in [6, 6.07) is 3.67. The Morgan fingerprint density at radius 2 is 2.17 bits per heavy atom. The van der Waals surface area contributed by atoms with Crippen LogP contribution in [0, 0.1) is 5.92 Å². The fourth-order valence-electron chi connectivity index (χ4n) is 3.55. The Morgan fingerprint density at radius 3 is 2.86 bits per heavy atom. The van der Waals surface area contributed by atoms with E-state index in [1.54, 1.807) is 23.4 Å². The summed E-state index contributed by atoms with van der Waals surface area (Å²) < 4.78 is 4.89. The molecule has 0 saturated heterocycles. The Balaban J connectivity index is 1.97. The van der Waals surface area contributed by atoms with E-state index < -0.39 is 18.1 Å². The number of fused-ring (bicyclic) bond motifs is 1. The first-order valence-electron chi connectivity index (χ1n) is 9.50. The lowest BCUT2D eigenvalue weighted by Crippen LogP contribution is -2.53. The molecule has 3 rings (SSSR count). The SMILES string of the molecule is CCC(C)C(NC(=O)N1CCc2[nH]cnc2C1c1cccc(Cl)c1Cl)C(=O)OC. The standard InChI is InChI=1S/C20H24Cl2N4O3/c1-4-11(2)16(19(27)29-3)25-20(28)26-9-8-14-17(24-10-23-14)18(26)12-6-5-7-13(21)15(12)22/h5-7,10-11,16,18H,4,8-9H2,1-3H3,(H,23,24)(H,25,28). The summed E-state index contributed by atoms with van der Waals surface area (Å²) in [4.78, 5) is 34.7. The summed E-state index contributed by atoms with van der Waals surface area (Å²) in [5.41, 5.74) is 2.34. The molecule has 29 heavy (non-hydrogen) atoms. The van der Waals surface area contributed by atoms with Crippen molar-refractivity contribution in [2.24, 2.45) is 5.92 Å². The van der Waals surface area contributed by atoms with Gasteiger partial charge in [0.1, 0.15) is 12.1 Å². The van der Waals surface area contributed by atoms with E-state index >= 15 is 0 Å². The molecule has 7 nitrogen and oxygen atoms in total. The lowest BCUT2D eigenvalue weighted by atomic mass is 9.95. The van der Waals surface area contributed by atoms with Crippen LogP contribution in [0.1, 0.15) is 43.3 Å². The molecule has 0 saturated carbocycles. The lowest BCUT2D eigenvalue weighted by Gasteiger charge is -2.37. The number of carbonyl (C=O) groups excluding carboxylic acids is 2. The molecule has 1 aromatic heterocycles. The van der Waals surface area contributed by atoms with Crippen LogP contribution in [-0.4, -0.2) is 46.6 Å². The van der Waals surface area contributed by atoms with Crippen molar-refractivity contribution in [1.29, 1.82) is 0 Å². The topological polar surface area (TPSA) is 87.3 Å². The van der Waals surface area contributed by atoms with Gasteiger partial charge in [0.15, 0.2) is 0 Å². The van der Waals surface area contributed by atoms with Gasteiger partial charge in [-0.25, -0.2) is 14.6 Å². The number of methoxy groups -OCH3 is 1. The van der Waals surface area contributed by atoms with Crippen LogP contribution in [0.5, 0.6) is 0 Å². The number of imidazole rings is 1. The van der Waals surface area contributed by atoms with E-state index in [-0.39, 0.29) is 11.9 Å². The van der Waals surface area contributed by atoms with Gasteiger partial charge in [-0.15, -0.1) is 0 Å². The summed E-state index contributed by atoms with van der Waals surface area (Å²) >= 11 is 12.7. The van der Waals surface area contributed by atoms with Gasteiger partial charge in [0.25, 0.3) is 0 Å². The quantitative estimate of drug-likeness (QED) is 0.691. The van der Waals surface area contributed by atoms with Gasteiger partial charge in [-0.1, -0.05) is 55.6 Å². The Kier molecular flexibility index (Phi) is 6.70. The van der Waals surface area contributed by atoms with E-state index in [9.17, 15) is 9.59 Å². The molecule has 1 aliphatic rings. The summed E-state index contributed by atoms with van der Waals surface area (Å²) in [5.74, 6) is -0.548. The highest BCUT2D eigenvalue weighted by Crippen LogP contribution is 2.39. The highest BCUT2D eigenvalue weighted by molar-refractivity contribution is 6.42. The third-order valence-corrected chi connectivity index (χ3v) is 6.24. The third kappa shape index (κ3) is 4.21. The smallest absolute Gasteiger partial charge is 0.328 e. The van der Waals surface area contributed by atoms with E-state index in [1.807, 2.05) is 19.9 Å². The molecule has 3 atom stereocenters. The van der Waals surface area contributed by atoms with Gasteiger partial charge >= 0.3 is 12.0 Å². The van der Waals surface area contributed by atoms with E-state index in [4.69, 9.17) is 27.9 Å². The molecule has 9 heteroatoms. The predicted octanol–water partition coefficient (Wildman–Crippen LogP) is 3.96. The number of amides is 2. The Hall–Kier alpha value is -2.25. The third-order valence-electron chi connectivity index (χ3n) is 5.41. The largest absolute Gasteiger partial charge is 0.467 e. The second-order valence-electron chi connectivity index (χ2n) is 7.09. The number of nitrogens with one attached hydrogen (secondary N) is 2. The number of esters is 1. The van der Waals surface area contributed by atoms with E-state index in [0.29, 0.717) is 40.7 Å². The molecule has 0 spiro atoms. The molecule has 0 radical (unpaired) electrons. The fourth-order valence-corrected chi connectivity index (χ4v) is 3.97. The van der Waals surface area contributed by atoms with Crippen molar-refractivity contribution in [3.05, 3.63) is 51.5 Å². The molecule has 2 heterocycles. The first-order chi connectivity index (χ1) is 13.9. The number of benzene rings is 1. The maximum atomic E-state index is 13.3. The van der Waals surface area contributed by atoms with E-state index in [2.05, 4.69) is 15.3 Å². The highest BCUT2D eigenvalue weighted by atomic mass is 35.5. The number of H-pyrrole nitrogens is 1. The van der Waals surface area contributed by atoms with Crippen LogP contribution in [0.2, 0.25) is 10.0 Å². The number of rotatable bonds is 5. The molecule has 0 aliphatic carbocycles. The molecule has 1 aromatic carbocycles. The Labute approximate surface area is 179 Å². The zero-order valence-electron chi connectivity index (χ0n) is 16.5. The number of aromatic nitrogens is 2. The number of hydrogen-bond acceptors (Lipinski definition) is 4. The number of ether oxygens (including phenoxy) is 1. The maximum Gasteiger partial charge on any atom is 0.328 e. The van der Waals surface area contributed by atoms with Crippen molar-refractivity contribution >= 4 is 35.2 Å². The minimum absolute atomic E-state index is 0.0784. The number of nitrogens with zero attached hydrogens (tertiary/aromatic N) is 2. The molecule has 2 amide bonds. The summed E-state index contributed by atoms with van der Waals surface area (Å²) in [6.07, 6.45) is 2.94. The predicted molar refractivity (Wildman–Crippen MR) is 111 cm³/mol. The van der Waals surface area contributed by atoms with Crippen LogP contribution in [0.15, 0.2) is 24.5 Å². The van der Waals surface area contributed by atoms with Gasteiger partial charge in [0.05, 0.1) is 29.2 Å². The van der Waals surface area contributed by atoms with Crippen molar-refractivity contribution < 1.29 is 14.3 Å². The first-order valence-corrected chi connectivity index (χ1v) is 10.3. The average Bonchev–Trinajstić information content (AvgIpc) is 3.21. The van der Waals surface area contributed by atoms with Crippen molar-refractivity contribution in [3.63, 3.8) is 0 Å². The van der Waals surface area contributed by atoms with Crippen LogP contribution in [0.4, 0.5) is 4.79 Å². The van der Waals surface area contributed by atoms with Gasteiger partial charge in [-0.05, 0) is 12.0 Å². The maximum absolute atomic E-state index is 13.3. The molecule has 156 valence electrons. The number of halogens is 2. The lowest BCUT2D eigenvalue weighted by molar-refractivity contribution is -0.144. The van der Waals surface area contributed by atoms with E-state index in [0.717, 1.165) is 5.69 Å². The normalized spacial score (nSPS) is 18.0. The molecule has 1 aliphatic heterocycles. The summed E-state index contributed by atoms with van der Waals surface area (Å²) in [6.45, 7) is 4.29. The zero-order valence-corrected chi connectivity index (χ0v) is 18.0. The first kappa shape index (κ1) is 21.5. The van der Waals surface area contributed by atoms with Gasteiger partial charge in [0.2, 0.25) is 0 Å². The Morgan fingerprint density at radius 1 is 1.41 bits per heavy atom. The van der Waals surface area contributed by atoms with Gasteiger partial charge in [-0.3, -0.25) is 0 Å². The minimum Gasteiger partial charge on any atom is -0.467 e. The van der Waals surface area contributed by atoms with Gasteiger partial charge in [0, 0.05) is 24.2 Å². The molecule has 3 unspecified atom stereocenters. The number of urea groups is 1. The molecule has 2 aromatic rings. The highest BCUT2D eigenvalue weighted by Gasteiger charge is 2.37. The number of aromatic amines is 1. The summed E-state index contributed by atoms with van der Waals surface area (Å²) in [5, 5.41) is 3.62. The Bertz CT molecular complexity index is 902. The molecule has 0 bridgehead atoms. The zero-order chi connectivity index (χ0) is 21.1. The molecular weight excluding hydrogens is 415 g/mol. The van der Waals surface area contributed by atoms with Crippen LogP contribution >= 0.6 is 23.2 Å². The second-order valence-corrected chi connectivity index (χ2v) is 7.88. The van der Waals surface area contributed by atoms with Crippen LogP contribution in [-0.2, 0) is 16.0 Å². The van der Waals surface area contributed by atoms with Crippen molar-refractivity contribution in [2.75, 3.05) is 13.7 Å². The van der Waals surface area contributed by atoms with Crippen LogP contribution in [0.3, 0.4) is 0 Å². The van der Waals surface area contributed by atoms with Crippen molar-refractivity contribution in [3.8, 4) is 0 Å². The minimum atomic E-state index is -0.742. The summed E-state index contributed by atoms with van der Waals surface area (Å²) in [7, 11) is 1.31. The number of hydrogen-bond donors (Lipinski definition) is 2. The molecule has 0 fully saturated rings.